The summed E-state index contributed by atoms with van der Waals surface area (Å²) in [6.45, 7) is 1.31. The number of hydrogen-bond donors (Lipinski definition) is 1. The average Bonchev–Trinajstić information content (AvgIpc) is 2.98. The van der Waals surface area contributed by atoms with Gasteiger partial charge in [0.1, 0.15) is 0 Å². The van der Waals surface area contributed by atoms with Crippen molar-refractivity contribution in [1.29, 1.82) is 0 Å². The number of ether oxygens (including phenoxy) is 1. The van der Waals surface area contributed by atoms with Gasteiger partial charge in [-0.3, -0.25) is 19.3 Å². The van der Waals surface area contributed by atoms with Crippen LogP contribution in [-0.2, 0) is 10.5 Å². The molecule has 3 rings (SSSR count). The molecule has 1 heterocycles. The number of thioether (sulfide) groups is 1. The molecule has 2 aromatic carbocycles. The smallest absolute Gasteiger partial charge is 0.261 e. The van der Waals surface area contributed by atoms with E-state index < -0.39 is 0 Å². The molecule has 1 aliphatic rings. The number of nitrogens with zero attached hydrogens (tertiary/aromatic N) is 1. The molecule has 0 atom stereocenters. The summed E-state index contributed by atoms with van der Waals surface area (Å²) in [5, 5.41) is 2.87. The maximum atomic E-state index is 12.5. The Hall–Kier alpha value is -2.64. The first kappa shape index (κ1) is 21.1. The number of hydrogen-bond acceptors (Lipinski definition) is 5. The summed E-state index contributed by atoms with van der Waals surface area (Å²) in [5.74, 6) is 0.771. The van der Waals surface area contributed by atoms with Gasteiger partial charge in [0.15, 0.2) is 0 Å². The van der Waals surface area contributed by atoms with Gasteiger partial charge >= 0.3 is 0 Å². The molecule has 6 nitrogen and oxygen atoms in total. The molecule has 29 heavy (non-hydrogen) atoms. The third-order valence-electron chi connectivity index (χ3n) is 4.61. The zero-order valence-corrected chi connectivity index (χ0v) is 17.2. The molecule has 2 aromatic rings. The molecule has 0 unspecified atom stereocenters. The third kappa shape index (κ3) is 5.25. The topological polar surface area (TPSA) is 75.7 Å². The number of carbonyl (C=O) groups is 3. The number of carbonyl (C=O) groups excluding carboxylic acids is 3. The number of methoxy groups -OCH3 is 1. The molecule has 7 heteroatoms. The highest BCUT2D eigenvalue weighted by atomic mass is 32.2. The molecule has 1 N–H and O–H groups in total. The van der Waals surface area contributed by atoms with E-state index >= 15 is 0 Å². The Kier molecular flexibility index (Phi) is 7.43. The average molecular weight is 413 g/mol. The first-order valence-corrected chi connectivity index (χ1v) is 10.7. The first-order valence-electron chi connectivity index (χ1n) is 9.51. The fourth-order valence-corrected chi connectivity index (χ4v) is 3.92. The van der Waals surface area contributed by atoms with E-state index in [0.717, 1.165) is 11.5 Å². The van der Waals surface area contributed by atoms with E-state index in [1.807, 2.05) is 18.2 Å². The summed E-state index contributed by atoms with van der Waals surface area (Å²) < 4.78 is 4.98. The lowest BCUT2D eigenvalue weighted by Crippen LogP contribution is -2.31. The third-order valence-corrected chi connectivity index (χ3v) is 5.64. The molecule has 0 spiro atoms. The summed E-state index contributed by atoms with van der Waals surface area (Å²) in [6, 6.07) is 14.8. The normalized spacial score (nSPS) is 12.9. The van der Waals surface area contributed by atoms with Gasteiger partial charge in [-0.25, -0.2) is 0 Å². The van der Waals surface area contributed by atoms with Crippen molar-refractivity contribution in [2.24, 2.45) is 0 Å². The van der Waals surface area contributed by atoms with Crippen LogP contribution in [0.25, 0.3) is 0 Å². The lowest BCUT2D eigenvalue weighted by molar-refractivity contribution is 0.0638. The maximum absolute atomic E-state index is 12.5. The molecule has 0 fully saturated rings. The summed E-state index contributed by atoms with van der Waals surface area (Å²) in [6.07, 6.45) is 0.579. The Bertz CT molecular complexity index is 886. The van der Waals surface area contributed by atoms with Gasteiger partial charge in [0.25, 0.3) is 17.7 Å². The molecule has 0 radical (unpaired) electrons. The highest BCUT2D eigenvalue weighted by Crippen LogP contribution is 2.24. The predicted octanol–water partition coefficient (Wildman–Crippen LogP) is 2.98. The highest BCUT2D eigenvalue weighted by molar-refractivity contribution is 7.98. The van der Waals surface area contributed by atoms with E-state index in [0.29, 0.717) is 42.8 Å². The molecule has 0 saturated carbocycles. The molecule has 0 bridgehead atoms. The van der Waals surface area contributed by atoms with Gasteiger partial charge in [-0.15, -0.1) is 0 Å². The van der Waals surface area contributed by atoms with E-state index in [2.05, 4.69) is 17.4 Å². The number of amides is 3. The number of benzene rings is 2. The molecule has 0 aliphatic carbocycles. The Morgan fingerprint density at radius 2 is 1.83 bits per heavy atom. The van der Waals surface area contributed by atoms with Gasteiger partial charge in [0.2, 0.25) is 0 Å². The van der Waals surface area contributed by atoms with Crippen LogP contribution >= 0.6 is 11.8 Å². The molecule has 152 valence electrons. The molecular formula is C22H24N2O4S. The van der Waals surface area contributed by atoms with E-state index in [-0.39, 0.29) is 17.7 Å². The fraction of sp³-hybridized carbons (Fsp3) is 0.318. The van der Waals surface area contributed by atoms with Gasteiger partial charge in [-0.2, -0.15) is 11.8 Å². The zero-order valence-electron chi connectivity index (χ0n) is 16.3. The second-order valence-electron chi connectivity index (χ2n) is 6.66. The SMILES string of the molecule is COCCCN1C(=O)c2ccc(C(=O)NCCSCc3ccccc3)cc2C1=O. The summed E-state index contributed by atoms with van der Waals surface area (Å²) in [7, 11) is 1.58. The van der Waals surface area contributed by atoms with Crippen LogP contribution in [0.1, 0.15) is 43.1 Å². The number of nitrogens with one attached hydrogen (secondary N) is 1. The number of imide groups is 1. The Labute approximate surface area is 174 Å². The minimum atomic E-state index is -0.353. The first-order chi connectivity index (χ1) is 14.1. The van der Waals surface area contributed by atoms with Crippen LogP contribution in [0.4, 0.5) is 0 Å². The van der Waals surface area contributed by atoms with Crippen LogP contribution in [0.5, 0.6) is 0 Å². The van der Waals surface area contributed by atoms with E-state index in [1.54, 1.807) is 31.0 Å². The van der Waals surface area contributed by atoms with Gasteiger partial charge in [0, 0.05) is 43.9 Å². The lowest BCUT2D eigenvalue weighted by Gasteiger charge is -2.12. The van der Waals surface area contributed by atoms with Gasteiger partial charge < -0.3 is 10.1 Å². The van der Waals surface area contributed by atoms with Crippen LogP contribution in [0, 0.1) is 0 Å². The lowest BCUT2D eigenvalue weighted by atomic mass is 10.1. The van der Waals surface area contributed by atoms with E-state index in [4.69, 9.17) is 4.74 Å². The van der Waals surface area contributed by atoms with Crippen molar-refractivity contribution < 1.29 is 19.1 Å². The number of rotatable bonds is 10. The van der Waals surface area contributed by atoms with Crippen molar-refractivity contribution in [2.75, 3.05) is 32.6 Å². The molecule has 0 aromatic heterocycles. The van der Waals surface area contributed by atoms with Crippen molar-refractivity contribution in [1.82, 2.24) is 10.2 Å². The molecule has 3 amide bonds. The quantitative estimate of drug-likeness (QED) is 0.480. The van der Waals surface area contributed by atoms with Crippen molar-refractivity contribution >= 4 is 29.5 Å². The van der Waals surface area contributed by atoms with Crippen molar-refractivity contribution in [2.45, 2.75) is 12.2 Å². The largest absolute Gasteiger partial charge is 0.385 e. The fourth-order valence-electron chi connectivity index (χ4n) is 3.11. The van der Waals surface area contributed by atoms with Crippen LogP contribution in [0.3, 0.4) is 0 Å². The van der Waals surface area contributed by atoms with Crippen LogP contribution < -0.4 is 5.32 Å². The van der Waals surface area contributed by atoms with Crippen LogP contribution in [0.15, 0.2) is 48.5 Å². The standard InChI is InChI=1S/C22H24N2O4S/c1-28-12-5-11-24-21(26)18-9-8-17(14-19(18)22(24)27)20(25)23-10-13-29-15-16-6-3-2-4-7-16/h2-4,6-9,14H,5,10-13,15H2,1H3,(H,23,25). The Balaban J connectivity index is 1.51. The zero-order chi connectivity index (χ0) is 20.6. The van der Waals surface area contributed by atoms with Crippen molar-refractivity contribution in [3.05, 3.63) is 70.8 Å². The van der Waals surface area contributed by atoms with Gasteiger partial charge in [-0.1, -0.05) is 30.3 Å². The second kappa shape index (κ2) is 10.2. The maximum Gasteiger partial charge on any atom is 0.261 e. The molecule has 1 aliphatic heterocycles. The summed E-state index contributed by atoms with van der Waals surface area (Å²) in [4.78, 5) is 38.6. The van der Waals surface area contributed by atoms with Gasteiger partial charge in [-0.05, 0) is 30.2 Å². The van der Waals surface area contributed by atoms with Crippen molar-refractivity contribution in [3.8, 4) is 0 Å². The Morgan fingerprint density at radius 3 is 2.59 bits per heavy atom. The highest BCUT2D eigenvalue weighted by Gasteiger charge is 2.35. The minimum Gasteiger partial charge on any atom is -0.385 e. The Morgan fingerprint density at radius 1 is 1.07 bits per heavy atom. The second-order valence-corrected chi connectivity index (χ2v) is 7.77. The summed E-state index contributed by atoms with van der Waals surface area (Å²) in [5.41, 5.74) is 2.28. The molecular weight excluding hydrogens is 388 g/mol. The van der Waals surface area contributed by atoms with Crippen molar-refractivity contribution in [3.63, 3.8) is 0 Å². The van der Waals surface area contributed by atoms with Crippen LogP contribution in [0.2, 0.25) is 0 Å². The summed E-state index contributed by atoms with van der Waals surface area (Å²) >= 11 is 1.74. The molecule has 0 saturated heterocycles. The van der Waals surface area contributed by atoms with Gasteiger partial charge in [0.05, 0.1) is 11.1 Å². The van der Waals surface area contributed by atoms with Crippen LogP contribution in [-0.4, -0.2) is 55.2 Å². The number of fused-ring (bicyclic) bond motifs is 1. The van der Waals surface area contributed by atoms with E-state index in [9.17, 15) is 14.4 Å². The predicted molar refractivity (Wildman–Crippen MR) is 113 cm³/mol. The minimum absolute atomic E-state index is 0.244. The van der Waals surface area contributed by atoms with E-state index in [1.165, 1.54) is 16.5 Å². The monoisotopic (exact) mass is 412 g/mol.